The molecule has 0 fully saturated rings. The molecule has 2 rings (SSSR count). The summed E-state index contributed by atoms with van der Waals surface area (Å²) in [5.74, 6) is 1.69. The van der Waals surface area contributed by atoms with Gasteiger partial charge in [-0.15, -0.1) is 0 Å². The Morgan fingerprint density at radius 2 is 1.41 bits per heavy atom. The quantitative estimate of drug-likeness (QED) is 0.108. The number of amides is 1. The summed E-state index contributed by atoms with van der Waals surface area (Å²) in [6.45, 7) is 17.2. The van der Waals surface area contributed by atoms with Crippen LogP contribution in [0.2, 0.25) is 0 Å². The van der Waals surface area contributed by atoms with Crippen molar-refractivity contribution in [3.05, 3.63) is 34.6 Å². The van der Waals surface area contributed by atoms with Gasteiger partial charge in [0.25, 0.3) is 0 Å². The zero-order valence-electron chi connectivity index (χ0n) is 30.3. The van der Waals surface area contributed by atoms with Gasteiger partial charge in [0.15, 0.2) is 0 Å². The molecule has 0 saturated carbocycles. The molecule has 1 aromatic carbocycles. The van der Waals surface area contributed by atoms with E-state index >= 15 is 0 Å². The van der Waals surface area contributed by atoms with Gasteiger partial charge < -0.3 is 37.7 Å². The fraction of sp³-hybridized carbons (Fsp3) is 0.750. The van der Waals surface area contributed by atoms with Crippen LogP contribution < -0.4 is 14.8 Å². The average molecular weight is 920 g/mol. The number of carbonyl (C=O) groups is 3. The summed E-state index contributed by atoms with van der Waals surface area (Å²) >= 11 is -0.472. The molecule has 1 aliphatic rings. The van der Waals surface area contributed by atoms with Crippen molar-refractivity contribution in [3.63, 3.8) is 0 Å². The number of benzene rings is 1. The summed E-state index contributed by atoms with van der Waals surface area (Å²) < 4.78 is 12.4. The summed E-state index contributed by atoms with van der Waals surface area (Å²) in [5.41, 5.74) is 3.60. The fourth-order valence-corrected chi connectivity index (χ4v) is 6.04. The maximum atomic E-state index is 12.5. The summed E-state index contributed by atoms with van der Waals surface area (Å²) in [6, 6.07) is 0. The van der Waals surface area contributed by atoms with E-state index in [1.54, 1.807) is 0 Å². The van der Waals surface area contributed by atoms with E-state index in [4.69, 9.17) is 33.4 Å². The van der Waals surface area contributed by atoms with Crippen molar-refractivity contribution in [2.24, 2.45) is 17.8 Å². The fourth-order valence-electron chi connectivity index (χ4n) is 6.04. The Morgan fingerprint density at radius 1 is 0.898 bits per heavy atom. The minimum atomic E-state index is -1.06. The van der Waals surface area contributed by atoms with Gasteiger partial charge in [-0.3, -0.25) is 9.59 Å². The number of carboxylic acids is 1. The number of rotatable bonds is 18. The van der Waals surface area contributed by atoms with E-state index in [0.29, 0.717) is 5.75 Å². The van der Waals surface area contributed by atoms with Crippen LogP contribution in [0.3, 0.4) is 0 Å². The van der Waals surface area contributed by atoms with Crippen LogP contribution >= 0.6 is 18.8 Å². The van der Waals surface area contributed by atoms with Gasteiger partial charge >= 0.3 is 47.3 Å². The van der Waals surface area contributed by atoms with Gasteiger partial charge in [-0.2, -0.15) is 0 Å². The topological polar surface area (TPSA) is 200 Å². The minimum Gasteiger partial charge on any atom is -0.693 e. The third-order valence-corrected chi connectivity index (χ3v) is 9.05. The van der Waals surface area contributed by atoms with Gasteiger partial charge in [0.2, 0.25) is 5.91 Å². The summed E-state index contributed by atoms with van der Waals surface area (Å²) in [4.78, 5) is 34.9. The van der Waals surface area contributed by atoms with E-state index in [0.717, 1.165) is 71.4 Å². The predicted molar refractivity (Wildman–Crippen MR) is 201 cm³/mol. The number of nitrogens with one attached hydrogen (secondary N) is 1. The third kappa shape index (κ3) is 20.9. The maximum Gasteiger partial charge on any atom is -0.693 e. The van der Waals surface area contributed by atoms with Crippen LogP contribution in [-0.2, 0) is 37.3 Å². The zero-order chi connectivity index (χ0) is 34.2. The Morgan fingerprint density at radius 3 is 1.92 bits per heavy atom. The van der Waals surface area contributed by atoms with Crippen LogP contribution in [-0.4, -0.2) is 40.6 Å². The number of ether oxygens (including phenoxy) is 2. The van der Waals surface area contributed by atoms with Gasteiger partial charge in [0, 0.05) is 12.0 Å². The molecule has 0 saturated heterocycles. The summed E-state index contributed by atoms with van der Waals surface area (Å²) in [5, 5.41) is 11.1. The van der Waals surface area contributed by atoms with Crippen molar-refractivity contribution in [2.75, 3.05) is 6.54 Å². The number of hydrogen-bond donors (Lipinski definition) is 2. The van der Waals surface area contributed by atoms with Crippen LogP contribution in [0.1, 0.15) is 141 Å². The molecule has 13 heteroatoms. The largest absolute Gasteiger partial charge is 0.693 e. The zero-order valence-corrected chi connectivity index (χ0v) is 34.1. The van der Waals surface area contributed by atoms with Gasteiger partial charge in [0.05, 0.1) is 6.42 Å². The first-order valence-electron chi connectivity index (χ1n) is 16.5. The number of hydrogen-bond acceptors (Lipinski definition) is 5. The summed E-state index contributed by atoms with van der Waals surface area (Å²) in [7, 11) is 9.75. The van der Waals surface area contributed by atoms with E-state index < -0.39 is 34.3 Å². The molecule has 0 radical (unpaired) electrons. The molecule has 292 valence electrons. The SMILES string of the molecule is C.Cc1c(C)c2c(c(C)c1OC(=O)CNC(=O)CCC(=O)O)CC[C@@](C)(CCC[C@H](C)CCC[C@H](C)CCCC(C)C)O2.O.[Cl][Pt+2][Cl].[NH2-].[NH2-]. The van der Waals surface area contributed by atoms with Gasteiger partial charge in [-0.1, -0.05) is 80.1 Å². The Kier molecular flexibility index (Phi) is 31.3. The Labute approximate surface area is 313 Å². The van der Waals surface area contributed by atoms with E-state index in [2.05, 4.69) is 39.9 Å². The molecule has 1 amide bonds. The Balaban J connectivity index is -0.00000139. The number of carbonyl (C=O) groups excluding carboxylic acids is 2. The van der Waals surface area contributed by atoms with Crippen LogP contribution in [0.25, 0.3) is 12.3 Å². The number of halogens is 2. The molecule has 1 aliphatic heterocycles. The Hall–Kier alpha value is -1.42. The number of aliphatic carboxylic acids is 1. The second-order valence-electron chi connectivity index (χ2n) is 13.6. The van der Waals surface area contributed by atoms with Crippen molar-refractivity contribution >= 4 is 36.7 Å². The van der Waals surface area contributed by atoms with Crippen molar-refractivity contribution in [2.45, 2.75) is 152 Å². The molecule has 1 aromatic rings. The van der Waals surface area contributed by atoms with E-state index in [1.165, 1.54) is 44.9 Å². The van der Waals surface area contributed by atoms with Crippen molar-refractivity contribution in [3.8, 4) is 11.5 Å². The minimum absolute atomic E-state index is 0. The third-order valence-electron chi connectivity index (χ3n) is 9.05. The van der Waals surface area contributed by atoms with Crippen LogP contribution in [0, 0.1) is 38.5 Å². The standard InChI is InChI=1S/C35H57NO6.CH4.2ClH.2H2N.H2O.Pt/c1-23(2)12-9-13-24(3)14-10-15-25(4)16-11-20-35(8)21-19-29-28(7)33(26(5)27(6)34(29)42-35)41-32(40)22-36-30(37)17-18-31(38)39;;;;;;;/h23-25H,9-22H2,1-8H3,(H,36,37)(H,38,39);1H4;2*1H;3*1H2;/q;;;;2*-1;;+4/p-2/t24-,25-,35-;;;;;;;/m1......./s1. The molecular formula is C36H67Cl2N3O7Pt. The molecule has 1 heterocycles. The number of fused-ring (bicyclic) bond motifs is 1. The molecule has 0 aromatic heterocycles. The van der Waals surface area contributed by atoms with E-state index in [-0.39, 0.29) is 50.2 Å². The summed E-state index contributed by atoms with van der Waals surface area (Å²) in [6.07, 6.45) is 12.8. The maximum absolute atomic E-state index is 12.5. The molecule has 0 spiro atoms. The van der Waals surface area contributed by atoms with Crippen LogP contribution in [0.4, 0.5) is 0 Å². The average Bonchev–Trinajstić information content (AvgIpc) is 2.96. The smallest absolute Gasteiger partial charge is 0.693 e. The van der Waals surface area contributed by atoms with E-state index in [1.807, 2.05) is 20.8 Å². The van der Waals surface area contributed by atoms with Crippen LogP contribution in [0.15, 0.2) is 0 Å². The van der Waals surface area contributed by atoms with Crippen molar-refractivity contribution in [1.29, 1.82) is 0 Å². The van der Waals surface area contributed by atoms with Gasteiger partial charge in [-0.25, -0.2) is 4.79 Å². The normalized spacial score (nSPS) is 15.7. The molecule has 0 aliphatic carbocycles. The molecule has 49 heavy (non-hydrogen) atoms. The van der Waals surface area contributed by atoms with E-state index in [9.17, 15) is 14.4 Å². The first-order valence-corrected chi connectivity index (χ1v) is 22.1. The van der Waals surface area contributed by atoms with Crippen molar-refractivity contribution in [1.82, 2.24) is 5.32 Å². The molecule has 10 nitrogen and oxygen atoms in total. The van der Waals surface area contributed by atoms with Crippen LogP contribution in [0.5, 0.6) is 11.5 Å². The predicted octanol–water partition coefficient (Wildman–Crippen LogP) is 10.6. The first-order chi connectivity index (χ1) is 21.1. The number of esters is 1. The second kappa shape index (κ2) is 28.2. The van der Waals surface area contributed by atoms with Gasteiger partial charge in [0.1, 0.15) is 23.6 Å². The van der Waals surface area contributed by atoms with Crippen molar-refractivity contribution < 1.29 is 50.9 Å². The number of carboxylic acid groups (broad SMARTS) is 1. The molecule has 8 N–H and O–H groups in total. The first kappa shape index (κ1) is 54.4. The molecular weight excluding hydrogens is 852 g/mol. The molecule has 3 atom stereocenters. The molecule has 0 bridgehead atoms. The second-order valence-corrected chi connectivity index (χ2v) is 16.9. The molecule has 0 unspecified atom stereocenters. The van der Waals surface area contributed by atoms with Gasteiger partial charge in [-0.05, 0) is 87.8 Å². The number of nitrogens with two attached hydrogens (primary N) is 2. The Bertz CT molecular complexity index is 1110. The monoisotopic (exact) mass is 918 g/mol.